The van der Waals surface area contributed by atoms with E-state index in [0.717, 1.165) is 72.4 Å². The maximum Gasteiger partial charge on any atom is 0.289 e. The lowest BCUT2D eigenvalue weighted by atomic mass is 9.92. The van der Waals surface area contributed by atoms with Gasteiger partial charge in [-0.25, -0.2) is 4.98 Å². The number of carbonyl (C=O) groups excluding carboxylic acids is 1. The minimum Gasteiger partial charge on any atom is -0.451 e. The Balaban J connectivity index is 1.37. The van der Waals surface area contributed by atoms with Crippen molar-refractivity contribution >= 4 is 16.9 Å². The van der Waals surface area contributed by atoms with Crippen LogP contribution in [0.1, 0.15) is 70.7 Å². The topological polar surface area (TPSA) is 82.4 Å². The number of furan rings is 1. The van der Waals surface area contributed by atoms with Crippen molar-refractivity contribution < 1.29 is 9.21 Å². The van der Waals surface area contributed by atoms with Crippen molar-refractivity contribution in [1.29, 1.82) is 0 Å². The third kappa shape index (κ3) is 4.34. The van der Waals surface area contributed by atoms with Crippen molar-refractivity contribution in [2.45, 2.75) is 51.4 Å². The SMILES string of the molecule is Cc1ccc2oc(C(=O)N3CCC[C@H](c4cc(=O)[nH]c(C5CCN(C)CC5)n4)C3)c(C)c2c1. The Bertz CT molecular complexity index is 1240. The normalized spacial score (nSPS) is 20.5. The Labute approximate surface area is 193 Å². The predicted octanol–water partition coefficient (Wildman–Crippen LogP) is 3.96. The minimum atomic E-state index is -0.0964. The van der Waals surface area contributed by atoms with E-state index in [2.05, 4.69) is 23.0 Å². The highest BCUT2D eigenvalue weighted by molar-refractivity contribution is 5.99. The van der Waals surface area contributed by atoms with E-state index in [1.165, 1.54) is 0 Å². The molecule has 0 spiro atoms. The van der Waals surface area contributed by atoms with Crippen molar-refractivity contribution in [3.63, 3.8) is 0 Å². The molecule has 0 radical (unpaired) electrons. The highest BCUT2D eigenvalue weighted by Crippen LogP contribution is 2.31. The number of amides is 1. The van der Waals surface area contributed by atoms with Gasteiger partial charge >= 0.3 is 0 Å². The molecule has 2 saturated heterocycles. The van der Waals surface area contributed by atoms with Crippen LogP contribution in [-0.2, 0) is 0 Å². The summed E-state index contributed by atoms with van der Waals surface area (Å²) in [5.41, 5.74) is 3.49. The highest BCUT2D eigenvalue weighted by Gasteiger charge is 2.30. The minimum absolute atomic E-state index is 0.0574. The fourth-order valence-corrected chi connectivity index (χ4v) is 5.27. The second-order valence-electron chi connectivity index (χ2n) is 9.78. The molecule has 0 bridgehead atoms. The molecule has 0 saturated carbocycles. The smallest absolute Gasteiger partial charge is 0.289 e. The van der Waals surface area contributed by atoms with Gasteiger partial charge in [-0.15, -0.1) is 0 Å². The van der Waals surface area contributed by atoms with Gasteiger partial charge in [0.25, 0.3) is 11.5 Å². The summed E-state index contributed by atoms with van der Waals surface area (Å²) in [6, 6.07) is 7.61. The molecule has 3 aromatic rings. The molecule has 174 valence electrons. The van der Waals surface area contributed by atoms with Crippen LogP contribution in [0.3, 0.4) is 0 Å². The lowest BCUT2D eigenvalue weighted by molar-refractivity contribution is 0.0675. The predicted molar refractivity (Wildman–Crippen MR) is 128 cm³/mol. The van der Waals surface area contributed by atoms with Crippen LogP contribution in [0.25, 0.3) is 11.0 Å². The van der Waals surface area contributed by atoms with Crippen LogP contribution in [0.15, 0.2) is 33.5 Å². The van der Waals surface area contributed by atoms with Crippen LogP contribution in [-0.4, -0.2) is 58.9 Å². The quantitative estimate of drug-likeness (QED) is 0.656. The van der Waals surface area contributed by atoms with E-state index in [9.17, 15) is 9.59 Å². The Morgan fingerprint density at radius 2 is 1.88 bits per heavy atom. The van der Waals surface area contributed by atoms with Crippen LogP contribution >= 0.6 is 0 Å². The summed E-state index contributed by atoms with van der Waals surface area (Å²) in [4.78, 5) is 37.9. The number of aryl methyl sites for hydroxylation is 2. The number of aromatic nitrogens is 2. The van der Waals surface area contributed by atoms with E-state index in [0.29, 0.717) is 18.8 Å². The molecule has 2 aliphatic rings. The molecule has 0 aliphatic carbocycles. The van der Waals surface area contributed by atoms with Gasteiger partial charge in [-0.1, -0.05) is 11.6 Å². The summed E-state index contributed by atoms with van der Waals surface area (Å²) in [7, 11) is 2.13. The molecular formula is C26H32N4O3. The number of nitrogens with one attached hydrogen (secondary N) is 1. The van der Waals surface area contributed by atoms with Crippen LogP contribution in [0, 0.1) is 13.8 Å². The third-order valence-electron chi connectivity index (χ3n) is 7.30. The Morgan fingerprint density at radius 3 is 2.67 bits per heavy atom. The summed E-state index contributed by atoms with van der Waals surface area (Å²) in [5.74, 6) is 1.49. The molecule has 1 amide bonds. The van der Waals surface area contributed by atoms with Gasteiger partial charge < -0.3 is 19.2 Å². The molecule has 1 N–H and O–H groups in total. The zero-order valence-electron chi connectivity index (χ0n) is 19.7. The maximum absolute atomic E-state index is 13.4. The standard InChI is InChI=1S/C26H32N4O3/c1-16-6-7-22-20(13-16)17(2)24(33-22)26(32)30-10-4-5-19(15-30)21-14-23(31)28-25(27-21)18-8-11-29(3)12-9-18/h6-7,13-14,18-19H,4-5,8-12,15H2,1-3H3,(H,27,28,31)/t19-/m0/s1. The summed E-state index contributed by atoms with van der Waals surface area (Å²) in [5, 5.41) is 0.992. The number of hydrogen-bond acceptors (Lipinski definition) is 5. The molecule has 1 atom stereocenters. The Hall–Kier alpha value is -2.93. The molecule has 7 heteroatoms. The molecule has 2 aliphatic heterocycles. The van der Waals surface area contributed by atoms with Crippen molar-refractivity contribution in [1.82, 2.24) is 19.8 Å². The first-order valence-electron chi connectivity index (χ1n) is 12.0. The van der Waals surface area contributed by atoms with Gasteiger partial charge in [0.15, 0.2) is 5.76 Å². The number of aromatic amines is 1. The average molecular weight is 449 g/mol. The number of carbonyl (C=O) groups is 1. The Morgan fingerprint density at radius 1 is 1.09 bits per heavy atom. The monoisotopic (exact) mass is 448 g/mol. The number of piperidine rings is 2. The maximum atomic E-state index is 13.4. The first-order valence-corrected chi connectivity index (χ1v) is 12.0. The van der Waals surface area contributed by atoms with Gasteiger partial charge in [0, 0.05) is 41.9 Å². The van der Waals surface area contributed by atoms with Crippen LogP contribution < -0.4 is 5.56 Å². The highest BCUT2D eigenvalue weighted by atomic mass is 16.3. The summed E-state index contributed by atoms with van der Waals surface area (Å²) in [6.45, 7) is 7.26. The Kier molecular flexibility index (Phi) is 5.83. The van der Waals surface area contributed by atoms with Gasteiger partial charge in [0.2, 0.25) is 0 Å². The molecule has 1 aromatic carbocycles. The van der Waals surface area contributed by atoms with Crippen molar-refractivity contribution in [3.8, 4) is 0 Å². The summed E-state index contributed by atoms with van der Waals surface area (Å²) in [6.07, 6.45) is 3.81. The average Bonchev–Trinajstić information content (AvgIpc) is 3.14. The lowest BCUT2D eigenvalue weighted by Crippen LogP contribution is -2.40. The van der Waals surface area contributed by atoms with Crippen molar-refractivity contribution in [3.05, 3.63) is 63.0 Å². The first kappa shape index (κ1) is 21.9. The number of nitrogens with zero attached hydrogens (tertiary/aromatic N) is 3. The first-order chi connectivity index (χ1) is 15.9. The van der Waals surface area contributed by atoms with E-state index in [-0.39, 0.29) is 23.3 Å². The molecule has 33 heavy (non-hydrogen) atoms. The van der Waals surface area contributed by atoms with Gasteiger partial charge in [-0.2, -0.15) is 0 Å². The number of likely N-dealkylation sites (tertiary alicyclic amines) is 2. The fourth-order valence-electron chi connectivity index (χ4n) is 5.27. The number of hydrogen-bond donors (Lipinski definition) is 1. The molecule has 5 rings (SSSR count). The summed E-state index contributed by atoms with van der Waals surface area (Å²) < 4.78 is 5.97. The second kappa shape index (κ2) is 8.78. The van der Waals surface area contributed by atoms with Crippen LogP contribution in [0.2, 0.25) is 0 Å². The largest absolute Gasteiger partial charge is 0.451 e. The van der Waals surface area contributed by atoms with Crippen LogP contribution in [0.5, 0.6) is 0 Å². The van der Waals surface area contributed by atoms with E-state index in [4.69, 9.17) is 9.40 Å². The summed E-state index contributed by atoms with van der Waals surface area (Å²) >= 11 is 0. The number of benzene rings is 1. The molecule has 4 heterocycles. The van der Waals surface area contributed by atoms with Gasteiger partial charge in [-0.3, -0.25) is 9.59 Å². The number of H-pyrrole nitrogens is 1. The lowest BCUT2D eigenvalue weighted by Gasteiger charge is -2.33. The molecule has 7 nitrogen and oxygen atoms in total. The van der Waals surface area contributed by atoms with Crippen LogP contribution in [0.4, 0.5) is 0 Å². The van der Waals surface area contributed by atoms with Crippen molar-refractivity contribution in [2.24, 2.45) is 0 Å². The van der Waals surface area contributed by atoms with E-state index >= 15 is 0 Å². The molecule has 2 aromatic heterocycles. The van der Waals surface area contributed by atoms with E-state index in [1.54, 1.807) is 6.07 Å². The zero-order valence-corrected chi connectivity index (χ0v) is 19.7. The fraction of sp³-hybridized carbons (Fsp3) is 0.500. The second-order valence-corrected chi connectivity index (χ2v) is 9.78. The molecular weight excluding hydrogens is 416 g/mol. The third-order valence-corrected chi connectivity index (χ3v) is 7.30. The van der Waals surface area contributed by atoms with Gasteiger partial charge in [0.1, 0.15) is 11.4 Å². The van der Waals surface area contributed by atoms with E-state index in [1.807, 2.05) is 30.9 Å². The number of rotatable bonds is 3. The van der Waals surface area contributed by atoms with Crippen molar-refractivity contribution in [2.75, 3.05) is 33.2 Å². The molecule has 0 unspecified atom stereocenters. The van der Waals surface area contributed by atoms with Gasteiger partial charge in [-0.05, 0) is 71.8 Å². The number of fused-ring (bicyclic) bond motifs is 1. The zero-order chi connectivity index (χ0) is 23.1. The van der Waals surface area contributed by atoms with Gasteiger partial charge in [0.05, 0.1) is 5.69 Å². The van der Waals surface area contributed by atoms with E-state index < -0.39 is 0 Å². The molecule has 2 fully saturated rings.